The summed E-state index contributed by atoms with van der Waals surface area (Å²) in [5, 5.41) is 0. The van der Waals surface area contributed by atoms with Gasteiger partial charge in [0.25, 0.3) is 0 Å². The number of rotatable bonds is 6. The number of Topliss-reactive ketones (excluding diaryl/α,β-unsaturated/α-hetero) is 1. The van der Waals surface area contributed by atoms with Gasteiger partial charge in [-0.05, 0) is 45.0 Å². The summed E-state index contributed by atoms with van der Waals surface area (Å²) in [6.07, 6.45) is 3.89. The van der Waals surface area contributed by atoms with E-state index in [0.29, 0.717) is 23.7 Å². The topological polar surface area (TPSA) is 38.8 Å². The quantitative estimate of drug-likeness (QED) is 0.749. The van der Waals surface area contributed by atoms with Crippen LogP contribution in [-0.2, 0) is 0 Å². The predicted molar refractivity (Wildman–Crippen MR) is 78.8 cm³/mol. The van der Waals surface area contributed by atoms with Crippen molar-refractivity contribution in [3.8, 4) is 11.5 Å². The molecule has 1 aromatic carbocycles. The normalized spacial score (nSPS) is 15.9. The van der Waals surface area contributed by atoms with Crippen LogP contribution >= 0.6 is 0 Å². The Morgan fingerprint density at radius 1 is 1.25 bits per heavy atom. The number of ketones is 1. The predicted octanol–water partition coefficient (Wildman–Crippen LogP) is 2.76. The minimum Gasteiger partial charge on any atom is -0.497 e. The van der Waals surface area contributed by atoms with E-state index in [1.807, 2.05) is 0 Å². The number of ether oxygens (including phenoxy) is 2. The minimum atomic E-state index is 0.0145. The number of nitrogens with zero attached hydrogens (tertiary/aromatic N) is 1. The van der Waals surface area contributed by atoms with Crippen LogP contribution in [0.25, 0.3) is 0 Å². The van der Waals surface area contributed by atoms with Gasteiger partial charge in [-0.3, -0.25) is 9.69 Å². The van der Waals surface area contributed by atoms with E-state index >= 15 is 0 Å². The third-order valence-electron chi connectivity index (χ3n) is 3.68. The number of benzene rings is 1. The van der Waals surface area contributed by atoms with Gasteiger partial charge in [-0.15, -0.1) is 0 Å². The molecule has 0 saturated carbocycles. The highest BCUT2D eigenvalue weighted by Gasteiger charge is 2.12. The molecule has 1 aliphatic rings. The monoisotopic (exact) mass is 277 g/mol. The van der Waals surface area contributed by atoms with Gasteiger partial charge < -0.3 is 9.47 Å². The molecule has 1 aliphatic heterocycles. The van der Waals surface area contributed by atoms with Gasteiger partial charge in [-0.2, -0.15) is 0 Å². The third kappa shape index (κ3) is 3.97. The van der Waals surface area contributed by atoms with E-state index in [1.54, 1.807) is 32.2 Å². The molecule has 2 rings (SSSR count). The van der Waals surface area contributed by atoms with Crippen molar-refractivity contribution in [2.45, 2.75) is 26.2 Å². The first-order chi connectivity index (χ1) is 9.70. The summed E-state index contributed by atoms with van der Waals surface area (Å²) < 4.78 is 11.0. The molecule has 0 N–H and O–H groups in total. The van der Waals surface area contributed by atoms with Crippen molar-refractivity contribution in [2.24, 2.45) is 0 Å². The van der Waals surface area contributed by atoms with Crippen molar-refractivity contribution in [3.05, 3.63) is 23.8 Å². The van der Waals surface area contributed by atoms with Gasteiger partial charge in [0.15, 0.2) is 5.78 Å². The van der Waals surface area contributed by atoms with Gasteiger partial charge in [-0.1, -0.05) is 6.42 Å². The molecule has 4 nitrogen and oxygen atoms in total. The van der Waals surface area contributed by atoms with Crippen LogP contribution in [0.3, 0.4) is 0 Å². The summed E-state index contributed by atoms with van der Waals surface area (Å²) in [6, 6.07) is 5.33. The molecule has 1 aromatic rings. The van der Waals surface area contributed by atoms with Crippen molar-refractivity contribution in [1.29, 1.82) is 0 Å². The van der Waals surface area contributed by atoms with E-state index in [9.17, 15) is 4.79 Å². The van der Waals surface area contributed by atoms with Crippen molar-refractivity contribution in [1.82, 2.24) is 4.90 Å². The average Bonchev–Trinajstić information content (AvgIpc) is 2.48. The Hall–Kier alpha value is -1.55. The Morgan fingerprint density at radius 2 is 2.00 bits per heavy atom. The molecule has 0 aliphatic carbocycles. The number of methoxy groups -OCH3 is 1. The van der Waals surface area contributed by atoms with Crippen molar-refractivity contribution >= 4 is 5.78 Å². The van der Waals surface area contributed by atoms with Gasteiger partial charge in [-0.25, -0.2) is 0 Å². The number of carbonyl (C=O) groups excluding carboxylic acids is 1. The number of likely N-dealkylation sites (tertiary alicyclic amines) is 1. The van der Waals surface area contributed by atoms with E-state index in [2.05, 4.69) is 4.90 Å². The van der Waals surface area contributed by atoms with Gasteiger partial charge in [0.1, 0.15) is 18.1 Å². The number of hydrogen-bond donors (Lipinski definition) is 0. The zero-order valence-corrected chi connectivity index (χ0v) is 12.4. The second-order valence-corrected chi connectivity index (χ2v) is 5.17. The molecule has 0 bridgehead atoms. The molecular formula is C16H23NO3. The number of hydrogen-bond acceptors (Lipinski definition) is 4. The SMILES string of the molecule is COc1ccc(C(C)=O)c(OCCN2CCCCC2)c1. The van der Waals surface area contributed by atoms with Crippen LogP contribution in [0.15, 0.2) is 18.2 Å². The molecule has 110 valence electrons. The Labute approximate surface area is 120 Å². The molecule has 1 heterocycles. The molecule has 20 heavy (non-hydrogen) atoms. The van der Waals surface area contributed by atoms with Crippen LogP contribution in [0.2, 0.25) is 0 Å². The fourth-order valence-electron chi connectivity index (χ4n) is 2.51. The molecular weight excluding hydrogens is 254 g/mol. The van der Waals surface area contributed by atoms with Crippen LogP contribution in [0.4, 0.5) is 0 Å². The lowest BCUT2D eigenvalue weighted by atomic mass is 10.1. The molecule has 1 saturated heterocycles. The second kappa shape index (κ2) is 7.29. The Bertz CT molecular complexity index is 453. The van der Waals surface area contributed by atoms with Crippen LogP contribution in [0.1, 0.15) is 36.5 Å². The van der Waals surface area contributed by atoms with Crippen molar-refractivity contribution in [2.75, 3.05) is 33.4 Å². The second-order valence-electron chi connectivity index (χ2n) is 5.17. The van der Waals surface area contributed by atoms with Gasteiger partial charge in [0.2, 0.25) is 0 Å². The minimum absolute atomic E-state index is 0.0145. The van der Waals surface area contributed by atoms with Gasteiger partial charge in [0.05, 0.1) is 12.7 Å². The summed E-state index contributed by atoms with van der Waals surface area (Å²) >= 11 is 0. The maximum atomic E-state index is 11.6. The standard InChI is InChI=1S/C16H23NO3/c1-13(18)15-7-6-14(19-2)12-16(15)20-11-10-17-8-4-3-5-9-17/h6-7,12H,3-5,8-11H2,1-2H3. The highest BCUT2D eigenvalue weighted by molar-refractivity contribution is 5.97. The van der Waals surface area contributed by atoms with Crippen LogP contribution < -0.4 is 9.47 Å². The summed E-state index contributed by atoms with van der Waals surface area (Å²) in [5.74, 6) is 1.34. The Balaban J connectivity index is 1.94. The maximum Gasteiger partial charge on any atom is 0.163 e. The average molecular weight is 277 g/mol. The molecule has 0 atom stereocenters. The van der Waals surface area contributed by atoms with E-state index in [0.717, 1.165) is 19.6 Å². The summed E-state index contributed by atoms with van der Waals surface area (Å²) in [7, 11) is 1.61. The number of carbonyl (C=O) groups is 1. The number of piperidine rings is 1. The fraction of sp³-hybridized carbons (Fsp3) is 0.562. The first kappa shape index (κ1) is 14.9. The Kier molecular flexibility index (Phi) is 5.41. The molecule has 1 fully saturated rings. The van der Waals surface area contributed by atoms with Crippen LogP contribution in [0.5, 0.6) is 11.5 Å². The van der Waals surface area contributed by atoms with Crippen LogP contribution in [0, 0.1) is 0 Å². The summed E-state index contributed by atoms with van der Waals surface area (Å²) in [4.78, 5) is 14.0. The first-order valence-corrected chi connectivity index (χ1v) is 7.25. The smallest absolute Gasteiger partial charge is 0.163 e. The highest BCUT2D eigenvalue weighted by atomic mass is 16.5. The first-order valence-electron chi connectivity index (χ1n) is 7.25. The molecule has 0 radical (unpaired) electrons. The zero-order chi connectivity index (χ0) is 14.4. The lowest BCUT2D eigenvalue weighted by Gasteiger charge is -2.26. The molecule has 0 aromatic heterocycles. The van der Waals surface area contributed by atoms with Gasteiger partial charge in [0, 0.05) is 12.6 Å². The van der Waals surface area contributed by atoms with E-state index < -0.39 is 0 Å². The molecule has 0 unspecified atom stereocenters. The van der Waals surface area contributed by atoms with E-state index in [4.69, 9.17) is 9.47 Å². The zero-order valence-electron chi connectivity index (χ0n) is 12.4. The third-order valence-corrected chi connectivity index (χ3v) is 3.68. The molecule has 0 spiro atoms. The Morgan fingerprint density at radius 3 is 2.65 bits per heavy atom. The molecule has 4 heteroatoms. The summed E-state index contributed by atoms with van der Waals surface area (Å²) in [6.45, 7) is 5.38. The van der Waals surface area contributed by atoms with Crippen molar-refractivity contribution in [3.63, 3.8) is 0 Å². The maximum absolute atomic E-state index is 11.6. The largest absolute Gasteiger partial charge is 0.497 e. The lowest BCUT2D eigenvalue weighted by molar-refractivity contribution is 0.101. The van der Waals surface area contributed by atoms with Gasteiger partial charge >= 0.3 is 0 Å². The fourth-order valence-corrected chi connectivity index (χ4v) is 2.51. The van der Waals surface area contributed by atoms with E-state index in [-0.39, 0.29) is 5.78 Å². The summed E-state index contributed by atoms with van der Waals surface area (Å²) in [5.41, 5.74) is 0.615. The van der Waals surface area contributed by atoms with E-state index in [1.165, 1.54) is 19.3 Å². The highest BCUT2D eigenvalue weighted by Crippen LogP contribution is 2.25. The van der Waals surface area contributed by atoms with Crippen LogP contribution in [-0.4, -0.2) is 44.0 Å². The lowest BCUT2D eigenvalue weighted by Crippen LogP contribution is -2.33. The van der Waals surface area contributed by atoms with Crippen molar-refractivity contribution < 1.29 is 14.3 Å². The molecule has 0 amide bonds.